The van der Waals surface area contributed by atoms with Gasteiger partial charge < -0.3 is 19.4 Å². The van der Waals surface area contributed by atoms with Crippen LogP contribution in [0.15, 0.2) is 42.6 Å². The van der Waals surface area contributed by atoms with Crippen LogP contribution in [0.1, 0.15) is 63.3 Å². The van der Waals surface area contributed by atoms with Crippen molar-refractivity contribution in [1.29, 1.82) is 5.26 Å². The SMILES string of the molecule is CC(OCC1(c2ccc(F)cc2)CCN(C(=O)OC(C)(C)C)CC1)c1cc(Cl)cc2c(C#N)c[nH]c12. The number of nitrogens with one attached hydrogen (secondary N) is 1. The van der Waals surface area contributed by atoms with Crippen LogP contribution in [0.25, 0.3) is 10.9 Å². The minimum atomic E-state index is -0.563. The molecule has 1 aliphatic heterocycles. The van der Waals surface area contributed by atoms with Crippen LogP contribution in [0.3, 0.4) is 0 Å². The number of aromatic nitrogens is 1. The Morgan fingerprint density at radius 1 is 1.25 bits per heavy atom. The number of aromatic amines is 1. The normalized spacial score (nSPS) is 16.5. The lowest BCUT2D eigenvalue weighted by atomic mass is 9.73. The van der Waals surface area contributed by atoms with E-state index in [4.69, 9.17) is 21.1 Å². The summed E-state index contributed by atoms with van der Waals surface area (Å²) in [6.45, 7) is 8.89. The van der Waals surface area contributed by atoms with Crippen molar-refractivity contribution in [3.05, 3.63) is 70.1 Å². The van der Waals surface area contributed by atoms with E-state index in [-0.39, 0.29) is 18.0 Å². The molecule has 0 saturated carbocycles. The standard InChI is InChI=1S/C28H31ClFN3O3/c1-18(23-13-21(29)14-24-19(15-31)16-32-25(23)24)35-17-28(20-5-7-22(30)8-6-20)9-11-33(12-10-28)26(34)36-27(2,3)4/h5-8,13-14,16,18,32H,9-12,17H2,1-4H3. The van der Waals surface area contributed by atoms with Gasteiger partial charge >= 0.3 is 6.09 Å². The molecule has 2 aromatic carbocycles. The van der Waals surface area contributed by atoms with E-state index in [2.05, 4.69) is 11.1 Å². The summed E-state index contributed by atoms with van der Waals surface area (Å²) < 4.78 is 25.7. The van der Waals surface area contributed by atoms with E-state index in [1.54, 1.807) is 29.3 Å². The number of halogens is 2. The molecule has 1 saturated heterocycles. The summed E-state index contributed by atoms with van der Waals surface area (Å²) in [5.41, 5.74) is 2.22. The fourth-order valence-corrected chi connectivity index (χ4v) is 5.00. The molecule has 3 aromatic rings. The summed E-state index contributed by atoms with van der Waals surface area (Å²) in [4.78, 5) is 17.5. The first-order valence-electron chi connectivity index (χ1n) is 12.1. The number of carbonyl (C=O) groups excluding carboxylic acids is 1. The zero-order chi connectivity index (χ0) is 26.1. The van der Waals surface area contributed by atoms with Gasteiger partial charge in [0.15, 0.2) is 0 Å². The van der Waals surface area contributed by atoms with Crippen molar-refractivity contribution >= 4 is 28.6 Å². The highest BCUT2D eigenvalue weighted by Crippen LogP contribution is 2.39. The fourth-order valence-electron chi connectivity index (χ4n) is 4.77. The van der Waals surface area contributed by atoms with Crippen LogP contribution < -0.4 is 0 Å². The molecule has 0 radical (unpaired) electrons. The van der Waals surface area contributed by atoms with Crippen molar-refractivity contribution < 1.29 is 18.7 Å². The van der Waals surface area contributed by atoms with Crippen LogP contribution >= 0.6 is 11.6 Å². The highest BCUT2D eigenvalue weighted by atomic mass is 35.5. The Morgan fingerprint density at radius 2 is 1.92 bits per heavy atom. The maximum atomic E-state index is 13.7. The predicted molar refractivity (Wildman–Crippen MR) is 138 cm³/mol. The first-order valence-corrected chi connectivity index (χ1v) is 12.5. The number of nitriles is 1. The first kappa shape index (κ1) is 26.0. The average molecular weight is 512 g/mol. The van der Waals surface area contributed by atoms with Gasteiger partial charge in [-0.05, 0) is 70.4 Å². The quantitative estimate of drug-likeness (QED) is 0.405. The van der Waals surface area contributed by atoms with E-state index in [0.717, 1.165) is 22.0 Å². The molecule has 0 spiro atoms. The molecule has 1 amide bonds. The van der Waals surface area contributed by atoms with E-state index in [9.17, 15) is 14.4 Å². The minimum Gasteiger partial charge on any atom is -0.444 e. The van der Waals surface area contributed by atoms with Gasteiger partial charge in [0.25, 0.3) is 0 Å². The van der Waals surface area contributed by atoms with Gasteiger partial charge in [0.2, 0.25) is 0 Å². The number of carbonyl (C=O) groups is 1. The van der Waals surface area contributed by atoms with E-state index < -0.39 is 11.0 Å². The molecule has 4 rings (SSSR count). The number of piperidine rings is 1. The van der Waals surface area contributed by atoms with Crippen molar-refractivity contribution in [2.45, 2.75) is 57.7 Å². The van der Waals surface area contributed by atoms with Gasteiger partial charge in [-0.2, -0.15) is 5.26 Å². The number of benzene rings is 2. The molecule has 8 heteroatoms. The largest absolute Gasteiger partial charge is 0.444 e. The zero-order valence-corrected chi connectivity index (χ0v) is 21.8. The van der Waals surface area contributed by atoms with Gasteiger partial charge in [-0.15, -0.1) is 0 Å². The number of amides is 1. The monoisotopic (exact) mass is 511 g/mol. The molecule has 1 unspecified atom stereocenters. The molecule has 1 atom stereocenters. The molecule has 1 N–H and O–H groups in total. The second kappa shape index (κ2) is 10.1. The third-order valence-electron chi connectivity index (χ3n) is 6.78. The van der Waals surface area contributed by atoms with Gasteiger partial charge in [-0.3, -0.25) is 0 Å². The molecule has 1 aromatic heterocycles. The van der Waals surface area contributed by atoms with Crippen LogP contribution in [-0.2, 0) is 14.9 Å². The highest BCUT2D eigenvalue weighted by Gasteiger charge is 2.39. The van der Waals surface area contributed by atoms with E-state index in [1.165, 1.54) is 12.1 Å². The number of hydrogen-bond donors (Lipinski definition) is 1. The van der Waals surface area contributed by atoms with Crippen molar-refractivity contribution in [3.8, 4) is 6.07 Å². The number of nitrogens with zero attached hydrogens (tertiary/aromatic N) is 2. The molecule has 1 fully saturated rings. The van der Waals surface area contributed by atoms with Gasteiger partial charge in [0, 0.05) is 40.7 Å². The minimum absolute atomic E-state index is 0.296. The molecular weight excluding hydrogens is 481 g/mol. The number of fused-ring (bicyclic) bond motifs is 1. The number of rotatable bonds is 5. The Balaban J connectivity index is 1.56. The summed E-state index contributed by atoms with van der Waals surface area (Å²) in [5, 5.41) is 10.7. The Morgan fingerprint density at radius 3 is 2.53 bits per heavy atom. The van der Waals surface area contributed by atoms with E-state index >= 15 is 0 Å². The van der Waals surface area contributed by atoms with Crippen LogP contribution in [0.2, 0.25) is 5.02 Å². The number of likely N-dealkylation sites (tertiary alicyclic amines) is 1. The maximum absolute atomic E-state index is 13.7. The molecule has 36 heavy (non-hydrogen) atoms. The summed E-state index contributed by atoms with van der Waals surface area (Å²) >= 11 is 6.37. The zero-order valence-electron chi connectivity index (χ0n) is 21.0. The number of hydrogen-bond acceptors (Lipinski definition) is 4. The molecule has 0 aliphatic carbocycles. The fraction of sp³-hybridized carbons (Fsp3) is 0.429. The second-order valence-electron chi connectivity index (χ2n) is 10.4. The van der Waals surface area contributed by atoms with Gasteiger partial charge in [0.05, 0.1) is 23.8 Å². The number of ether oxygens (including phenoxy) is 2. The first-order chi connectivity index (χ1) is 17.0. The van der Waals surface area contributed by atoms with Gasteiger partial charge in [-0.1, -0.05) is 23.7 Å². The third kappa shape index (κ3) is 5.50. The molecule has 1 aliphatic rings. The van der Waals surface area contributed by atoms with Crippen LogP contribution in [0, 0.1) is 17.1 Å². The second-order valence-corrected chi connectivity index (χ2v) is 10.9. The molecular formula is C28H31ClFN3O3. The van der Waals surface area contributed by atoms with Crippen LogP contribution in [0.5, 0.6) is 0 Å². The van der Waals surface area contributed by atoms with Gasteiger partial charge in [0.1, 0.15) is 17.5 Å². The lowest BCUT2D eigenvalue weighted by Gasteiger charge is -2.42. The number of H-pyrrole nitrogens is 1. The van der Waals surface area contributed by atoms with Gasteiger partial charge in [-0.25, -0.2) is 9.18 Å². The lowest BCUT2D eigenvalue weighted by molar-refractivity contribution is -0.00933. The van der Waals surface area contributed by atoms with Crippen LogP contribution in [-0.4, -0.2) is 41.3 Å². The van der Waals surface area contributed by atoms with Crippen molar-refractivity contribution in [2.75, 3.05) is 19.7 Å². The van der Waals surface area contributed by atoms with E-state index in [1.807, 2.05) is 33.8 Å². The Kier molecular flexibility index (Phi) is 7.31. The van der Waals surface area contributed by atoms with Crippen molar-refractivity contribution in [2.24, 2.45) is 0 Å². The predicted octanol–water partition coefficient (Wildman–Crippen LogP) is 6.88. The van der Waals surface area contributed by atoms with Crippen LogP contribution in [0.4, 0.5) is 9.18 Å². The average Bonchev–Trinajstić information content (AvgIpc) is 3.24. The Hall–Kier alpha value is -3.08. The van der Waals surface area contributed by atoms with E-state index in [0.29, 0.717) is 43.1 Å². The smallest absolute Gasteiger partial charge is 0.410 e. The summed E-state index contributed by atoms with van der Waals surface area (Å²) in [6, 6.07) is 12.3. The van der Waals surface area contributed by atoms with Crippen molar-refractivity contribution in [3.63, 3.8) is 0 Å². The molecule has 190 valence electrons. The lowest BCUT2D eigenvalue weighted by Crippen LogP contribution is -2.48. The summed E-state index contributed by atoms with van der Waals surface area (Å²) in [5.74, 6) is -0.296. The molecule has 6 nitrogen and oxygen atoms in total. The molecule has 0 bridgehead atoms. The highest BCUT2D eigenvalue weighted by molar-refractivity contribution is 6.31. The third-order valence-corrected chi connectivity index (χ3v) is 7.00. The summed E-state index contributed by atoms with van der Waals surface area (Å²) in [6.07, 6.45) is 2.32. The summed E-state index contributed by atoms with van der Waals surface area (Å²) in [7, 11) is 0. The molecule has 2 heterocycles. The Bertz CT molecular complexity index is 1280. The maximum Gasteiger partial charge on any atom is 0.410 e. The Labute approximate surface area is 215 Å². The topological polar surface area (TPSA) is 78.3 Å². The van der Waals surface area contributed by atoms with Crippen molar-refractivity contribution in [1.82, 2.24) is 9.88 Å².